The molecule has 1 atom stereocenters. The van der Waals surface area contributed by atoms with Crippen molar-refractivity contribution in [2.75, 3.05) is 25.1 Å². The highest BCUT2D eigenvalue weighted by molar-refractivity contribution is 5.94. The summed E-state index contributed by atoms with van der Waals surface area (Å²) in [5, 5.41) is 5.23. The number of amides is 1. The molecule has 2 N–H and O–H groups in total. The molecule has 8 heteroatoms. The SMILES string of the molecule is O=C(Nc1cccc(C(F)(F)F)n1)[C@@H]1COCCN1. The van der Waals surface area contributed by atoms with E-state index in [4.69, 9.17) is 4.74 Å². The third kappa shape index (κ3) is 3.65. The van der Waals surface area contributed by atoms with Crippen LogP contribution in [0.25, 0.3) is 0 Å². The predicted molar refractivity (Wildman–Crippen MR) is 60.5 cm³/mol. The first-order valence-corrected chi connectivity index (χ1v) is 5.63. The second-order valence-corrected chi connectivity index (χ2v) is 3.98. The Bertz CT molecular complexity index is 459. The number of rotatable bonds is 2. The number of carbonyl (C=O) groups excluding carboxylic acids is 1. The molecule has 2 heterocycles. The van der Waals surface area contributed by atoms with Gasteiger partial charge in [0.25, 0.3) is 0 Å². The van der Waals surface area contributed by atoms with E-state index in [9.17, 15) is 18.0 Å². The highest BCUT2D eigenvalue weighted by Gasteiger charge is 2.32. The second-order valence-electron chi connectivity index (χ2n) is 3.98. The van der Waals surface area contributed by atoms with E-state index in [1.807, 2.05) is 0 Å². The van der Waals surface area contributed by atoms with Gasteiger partial charge in [-0.25, -0.2) is 4.98 Å². The fraction of sp³-hybridized carbons (Fsp3) is 0.455. The van der Waals surface area contributed by atoms with Crippen molar-refractivity contribution in [3.63, 3.8) is 0 Å². The van der Waals surface area contributed by atoms with Gasteiger partial charge in [0.2, 0.25) is 5.91 Å². The normalized spacial score (nSPS) is 20.1. The van der Waals surface area contributed by atoms with E-state index in [-0.39, 0.29) is 12.4 Å². The fourth-order valence-corrected chi connectivity index (χ4v) is 1.61. The molecule has 1 aromatic heterocycles. The number of halogens is 3. The van der Waals surface area contributed by atoms with Crippen LogP contribution in [0.2, 0.25) is 0 Å². The second kappa shape index (κ2) is 5.54. The maximum atomic E-state index is 12.5. The minimum Gasteiger partial charge on any atom is -0.378 e. The molecular formula is C11H12F3N3O2. The lowest BCUT2D eigenvalue weighted by atomic mass is 10.2. The zero-order valence-electron chi connectivity index (χ0n) is 9.83. The summed E-state index contributed by atoms with van der Waals surface area (Å²) in [5.41, 5.74) is -1.04. The first-order valence-electron chi connectivity index (χ1n) is 5.63. The maximum absolute atomic E-state index is 12.5. The average molecular weight is 275 g/mol. The Morgan fingerprint density at radius 3 is 2.89 bits per heavy atom. The molecule has 104 valence electrons. The summed E-state index contributed by atoms with van der Waals surface area (Å²) in [5.74, 6) is -0.598. The Kier molecular flexibility index (Phi) is 4.01. The molecule has 2 rings (SSSR count). The van der Waals surface area contributed by atoms with E-state index in [1.54, 1.807) is 0 Å². The van der Waals surface area contributed by atoms with Crippen LogP contribution in [-0.4, -0.2) is 36.7 Å². The molecule has 5 nitrogen and oxygen atoms in total. The molecule has 19 heavy (non-hydrogen) atoms. The zero-order chi connectivity index (χ0) is 13.9. The molecular weight excluding hydrogens is 263 g/mol. The first-order chi connectivity index (χ1) is 8.97. The quantitative estimate of drug-likeness (QED) is 0.846. The van der Waals surface area contributed by atoms with Crippen LogP contribution in [0.5, 0.6) is 0 Å². The number of anilines is 1. The van der Waals surface area contributed by atoms with E-state index in [2.05, 4.69) is 15.6 Å². The van der Waals surface area contributed by atoms with Gasteiger partial charge in [-0.15, -0.1) is 0 Å². The third-order valence-electron chi connectivity index (χ3n) is 2.53. The number of ether oxygens (including phenoxy) is 1. The van der Waals surface area contributed by atoms with Crippen molar-refractivity contribution in [3.05, 3.63) is 23.9 Å². The van der Waals surface area contributed by atoms with Crippen LogP contribution in [0.3, 0.4) is 0 Å². The molecule has 1 aliphatic heterocycles. The molecule has 1 saturated heterocycles. The summed E-state index contributed by atoms with van der Waals surface area (Å²) in [4.78, 5) is 15.1. The molecule has 1 fully saturated rings. The van der Waals surface area contributed by atoms with Crippen LogP contribution in [0, 0.1) is 0 Å². The topological polar surface area (TPSA) is 63.2 Å². The van der Waals surface area contributed by atoms with Crippen LogP contribution >= 0.6 is 0 Å². The number of alkyl halides is 3. The summed E-state index contributed by atoms with van der Waals surface area (Å²) in [6.45, 7) is 1.21. The van der Waals surface area contributed by atoms with Crippen molar-refractivity contribution >= 4 is 11.7 Å². The maximum Gasteiger partial charge on any atom is 0.433 e. The number of pyridine rings is 1. The van der Waals surface area contributed by atoms with Gasteiger partial charge in [0.05, 0.1) is 13.2 Å². The number of nitrogens with zero attached hydrogens (tertiary/aromatic N) is 1. The van der Waals surface area contributed by atoms with Crippen molar-refractivity contribution in [3.8, 4) is 0 Å². The summed E-state index contributed by atoms with van der Waals surface area (Å²) in [6.07, 6.45) is -4.53. The summed E-state index contributed by atoms with van der Waals surface area (Å²) < 4.78 is 42.5. The Balaban J connectivity index is 2.04. The Morgan fingerprint density at radius 1 is 1.47 bits per heavy atom. The smallest absolute Gasteiger partial charge is 0.378 e. The average Bonchev–Trinajstić information content (AvgIpc) is 2.39. The Labute approximate surface area is 107 Å². The molecule has 0 spiro atoms. The molecule has 0 bridgehead atoms. The molecule has 0 aliphatic carbocycles. The van der Waals surface area contributed by atoms with E-state index in [0.29, 0.717) is 13.2 Å². The molecule has 1 aromatic rings. The largest absolute Gasteiger partial charge is 0.433 e. The van der Waals surface area contributed by atoms with Crippen molar-refractivity contribution in [2.45, 2.75) is 12.2 Å². The van der Waals surface area contributed by atoms with Gasteiger partial charge < -0.3 is 15.4 Å². The van der Waals surface area contributed by atoms with Crippen molar-refractivity contribution in [2.24, 2.45) is 0 Å². The molecule has 0 aromatic carbocycles. The molecule has 1 amide bonds. The minimum atomic E-state index is -4.53. The van der Waals surface area contributed by atoms with Crippen LogP contribution in [-0.2, 0) is 15.7 Å². The first kappa shape index (κ1) is 13.8. The zero-order valence-corrected chi connectivity index (χ0v) is 9.83. The van der Waals surface area contributed by atoms with Gasteiger partial charge in [-0.1, -0.05) is 6.07 Å². The summed E-state index contributed by atoms with van der Waals surface area (Å²) in [6, 6.07) is 2.76. The molecule has 0 saturated carbocycles. The van der Waals surface area contributed by atoms with E-state index >= 15 is 0 Å². The number of nitrogens with one attached hydrogen (secondary N) is 2. The monoisotopic (exact) mass is 275 g/mol. The van der Waals surface area contributed by atoms with Crippen LogP contribution in [0.15, 0.2) is 18.2 Å². The van der Waals surface area contributed by atoms with E-state index in [0.717, 1.165) is 6.07 Å². The van der Waals surface area contributed by atoms with E-state index in [1.165, 1.54) is 12.1 Å². The van der Waals surface area contributed by atoms with Gasteiger partial charge in [-0.2, -0.15) is 13.2 Å². The highest BCUT2D eigenvalue weighted by Crippen LogP contribution is 2.28. The van der Waals surface area contributed by atoms with Gasteiger partial charge in [0.15, 0.2) is 0 Å². The lowest BCUT2D eigenvalue weighted by Crippen LogP contribution is -2.48. The van der Waals surface area contributed by atoms with Gasteiger partial charge in [0, 0.05) is 6.54 Å². The molecule has 0 radical (unpaired) electrons. The third-order valence-corrected chi connectivity index (χ3v) is 2.53. The molecule has 1 aliphatic rings. The van der Waals surface area contributed by atoms with Gasteiger partial charge in [-0.3, -0.25) is 4.79 Å². The lowest BCUT2D eigenvalue weighted by molar-refractivity contribution is -0.141. The summed E-state index contributed by atoms with van der Waals surface area (Å²) >= 11 is 0. The van der Waals surface area contributed by atoms with Gasteiger partial charge >= 0.3 is 6.18 Å². The summed E-state index contributed by atoms with van der Waals surface area (Å²) in [7, 11) is 0. The van der Waals surface area contributed by atoms with E-state index < -0.39 is 23.8 Å². The van der Waals surface area contributed by atoms with Crippen molar-refractivity contribution < 1.29 is 22.7 Å². The fourth-order valence-electron chi connectivity index (χ4n) is 1.61. The number of hydrogen-bond acceptors (Lipinski definition) is 4. The number of hydrogen-bond donors (Lipinski definition) is 2. The number of morpholine rings is 1. The van der Waals surface area contributed by atoms with Gasteiger partial charge in [0.1, 0.15) is 17.6 Å². The van der Waals surface area contributed by atoms with Crippen molar-refractivity contribution in [1.29, 1.82) is 0 Å². The van der Waals surface area contributed by atoms with Crippen LogP contribution < -0.4 is 10.6 Å². The standard InChI is InChI=1S/C11H12F3N3O2/c12-11(13,14)8-2-1-3-9(16-8)17-10(18)7-6-19-5-4-15-7/h1-3,7,15H,4-6H2,(H,16,17,18)/t7-/m0/s1. The predicted octanol–water partition coefficient (Wildman–Crippen LogP) is 1.03. The van der Waals surface area contributed by atoms with Crippen molar-refractivity contribution in [1.82, 2.24) is 10.3 Å². The highest BCUT2D eigenvalue weighted by atomic mass is 19.4. The minimum absolute atomic E-state index is 0.132. The van der Waals surface area contributed by atoms with Crippen LogP contribution in [0.1, 0.15) is 5.69 Å². The van der Waals surface area contributed by atoms with Gasteiger partial charge in [-0.05, 0) is 12.1 Å². The Morgan fingerprint density at radius 2 is 2.26 bits per heavy atom. The number of aromatic nitrogens is 1. The molecule has 0 unspecified atom stereocenters. The lowest BCUT2D eigenvalue weighted by Gasteiger charge is -2.22. The Hall–Kier alpha value is -1.67. The van der Waals surface area contributed by atoms with Crippen LogP contribution in [0.4, 0.5) is 19.0 Å². The number of carbonyl (C=O) groups is 1.